The zero-order valence-corrected chi connectivity index (χ0v) is 21.4. The van der Waals surface area contributed by atoms with Crippen molar-refractivity contribution >= 4 is 11.9 Å². The van der Waals surface area contributed by atoms with E-state index < -0.39 is 5.97 Å². The molecule has 0 atom stereocenters. The fourth-order valence-corrected chi connectivity index (χ4v) is 2.64. The molecule has 0 saturated heterocycles. The van der Waals surface area contributed by atoms with E-state index in [4.69, 9.17) is 43.0 Å². The Labute approximate surface area is 209 Å². The summed E-state index contributed by atoms with van der Waals surface area (Å²) >= 11 is 0. The first-order chi connectivity index (χ1) is 17.2. The van der Waals surface area contributed by atoms with Gasteiger partial charge in [0.1, 0.15) is 13.2 Å². The van der Waals surface area contributed by atoms with Gasteiger partial charge in [-0.05, 0) is 6.42 Å². The summed E-state index contributed by atoms with van der Waals surface area (Å²) in [4.78, 5) is 21.8. The van der Waals surface area contributed by atoms with Crippen LogP contribution in [0.3, 0.4) is 0 Å². The number of esters is 1. The molecule has 0 saturated carbocycles. The number of aliphatic carboxylic acids is 1. The van der Waals surface area contributed by atoms with Crippen molar-refractivity contribution in [3.8, 4) is 0 Å². The van der Waals surface area contributed by atoms with E-state index in [2.05, 4.69) is 6.92 Å². The summed E-state index contributed by atoms with van der Waals surface area (Å²) in [5.74, 6) is -1.15. The standard InChI is InChI=1S/C24H46O11/c1-2-3-4-5-6-7-24(27)35-21-20-33-17-16-31-13-12-29-9-8-28-10-11-30-14-15-32-18-19-34-22-23(25)26/h2-22H2,1H3,(H,25,26). The number of carbonyl (C=O) groups is 2. The zero-order valence-electron chi connectivity index (χ0n) is 21.4. The molecule has 208 valence electrons. The quantitative estimate of drug-likeness (QED) is 0.117. The highest BCUT2D eigenvalue weighted by atomic mass is 16.6. The van der Waals surface area contributed by atoms with Gasteiger partial charge >= 0.3 is 11.9 Å². The van der Waals surface area contributed by atoms with E-state index >= 15 is 0 Å². The van der Waals surface area contributed by atoms with Crippen LogP contribution in [0.15, 0.2) is 0 Å². The average molecular weight is 511 g/mol. The summed E-state index contributed by atoms with van der Waals surface area (Å²) in [7, 11) is 0. The van der Waals surface area contributed by atoms with E-state index in [0.717, 1.165) is 12.8 Å². The summed E-state index contributed by atoms with van der Waals surface area (Å²) in [6.07, 6.45) is 6.05. The molecule has 11 nitrogen and oxygen atoms in total. The van der Waals surface area contributed by atoms with Crippen molar-refractivity contribution in [2.75, 3.05) is 99.1 Å². The smallest absolute Gasteiger partial charge is 0.329 e. The van der Waals surface area contributed by atoms with E-state index in [-0.39, 0.29) is 25.8 Å². The molecular weight excluding hydrogens is 464 g/mol. The van der Waals surface area contributed by atoms with Crippen LogP contribution in [0.1, 0.15) is 45.4 Å². The molecule has 0 rings (SSSR count). The number of ether oxygens (including phenoxy) is 8. The van der Waals surface area contributed by atoms with Crippen molar-refractivity contribution in [2.45, 2.75) is 45.4 Å². The van der Waals surface area contributed by atoms with Crippen molar-refractivity contribution in [3.05, 3.63) is 0 Å². The second-order valence-corrected chi connectivity index (χ2v) is 7.51. The van der Waals surface area contributed by atoms with Crippen molar-refractivity contribution in [2.24, 2.45) is 0 Å². The average Bonchev–Trinajstić information content (AvgIpc) is 2.84. The van der Waals surface area contributed by atoms with Crippen LogP contribution in [0.5, 0.6) is 0 Å². The summed E-state index contributed by atoms with van der Waals surface area (Å²) < 4.78 is 42.1. The normalized spacial score (nSPS) is 11.1. The van der Waals surface area contributed by atoms with Crippen molar-refractivity contribution < 1.29 is 52.6 Å². The van der Waals surface area contributed by atoms with Crippen molar-refractivity contribution in [3.63, 3.8) is 0 Å². The van der Waals surface area contributed by atoms with Gasteiger partial charge < -0.3 is 43.0 Å². The van der Waals surface area contributed by atoms with Gasteiger partial charge in [0.2, 0.25) is 0 Å². The van der Waals surface area contributed by atoms with Crippen LogP contribution < -0.4 is 0 Å². The van der Waals surface area contributed by atoms with Crippen LogP contribution in [0.2, 0.25) is 0 Å². The van der Waals surface area contributed by atoms with Gasteiger partial charge in [0, 0.05) is 6.42 Å². The summed E-state index contributed by atoms with van der Waals surface area (Å²) in [5, 5.41) is 8.39. The van der Waals surface area contributed by atoms with Crippen molar-refractivity contribution in [1.29, 1.82) is 0 Å². The first-order valence-corrected chi connectivity index (χ1v) is 12.6. The molecule has 0 heterocycles. The van der Waals surface area contributed by atoms with E-state index in [0.29, 0.717) is 85.7 Å². The minimum absolute atomic E-state index is 0.154. The van der Waals surface area contributed by atoms with Gasteiger partial charge in [-0.3, -0.25) is 4.79 Å². The third-order valence-electron chi connectivity index (χ3n) is 4.43. The lowest BCUT2D eigenvalue weighted by molar-refractivity contribution is -0.145. The molecule has 0 aromatic rings. The fourth-order valence-electron chi connectivity index (χ4n) is 2.64. The number of carboxylic acid groups (broad SMARTS) is 1. The SMILES string of the molecule is CCCCCCCC(=O)OCCOCCOCCOCCOCCOCCOCCOCC(=O)O. The predicted octanol–water partition coefficient (Wildman–Crippen LogP) is 2.09. The van der Waals surface area contributed by atoms with Crippen LogP contribution in [0, 0.1) is 0 Å². The Balaban J connectivity index is 3.10. The molecule has 0 spiro atoms. The molecule has 0 aromatic heterocycles. The molecule has 0 aliphatic carbocycles. The number of rotatable bonds is 29. The summed E-state index contributed by atoms with van der Waals surface area (Å²) in [6.45, 7) is 7.65. The molecule has 0 bridgehead atoms. The lowest BCUT2D eigenvalue weighted by Crippen LogP contribution is -2.15. The Kier molecular flexibility index (Phi) is 27.8. The molecule has 0 aliphatic heterocycles. The van der Waals surface area contributed by atoms with Gasteiger partial charge in [-0.15, -0.1) is 0 Å². The Morgan fingerprint density at radius 2 is 0.886 bits per heavy atom. The van der Waals surface area contributed by atoms with Crippen LogP contribution in [0.4, 0.5) is 0 Å². The predicted molar refractivity (Wildman–Crippen MR) is 128 cm³/mol. The lowest BCUT2D eigenvalue weighted by atomic mass is 10.1. The minimum atomic E-state index is -0.996. The molecule has 0 radical (unpaired) electrons. The largest absolute Gasteiger partial charge is 0.480 e. The highest BCUT2D eigenvalue weighted by Crippen LogP contribution is 2.05. The van der Waals surface area contributed by atoms with Gasteiger partial charge in [0.15, 0.2) is 0 Å². The molecule has 1 N–H and O–H groups in total. The molecule has 0 unspecified atom stereocenters. The van der Waals surface area contributed by atoms with E-state index in [9.17, 15) is 9.59 Å². The van der Waals surface area contributed by atoms with E-state index in [1.165, 1.54) is 19.3 Å². The van der Waals surface area contributed by atoms with Crippen LogP contribution >= 0.6 is 0 Å². The summed E-state index contributed by atoms with van der Waals surface area (Å²) in [6, 6.07) is 0. The third-order valence-corrected chi connectivity index (χ3v) is 4.43. The first-order valence-electron chi connectivity index (χ1n) is 12.6. The second kappa shape index (κ2) is 28.9. The Morgan fingerprint density at radius 1 is 0.514 bits per heavy atom. The maximum absolute atomic E-state index is 11.5. The minimum Gasteiger partial charge on any atom is -0.480 e. The number of carbonyl (C=O) groups excluding carboxylic acids is 1. The molecule has 0 fully saturated rings. The van der Waals surface area contributed by atoms with Crippen LogP contribution in [-0.2, 0) is 47.5 Å². The molecule has 11 heteroatoms. The van der Waals surface area contributed by atoms with Gasteiger partial charge in [0.05, 0.1) is 85.9 Å². The third kappa shape index (κ3) is 30.6. The number of hydrogen-bond acceptors (Lipinski definition) is 10. The van der Waals surface area contributed by atoms with E-state index in [1.54, 1.807) is 0 Å². The fraction of sp³-hybridized carbons (Fsp3) is 0.917. The van der Waals surface area contributed by atoms with Gasteiger partial charge in [-0.25, -0.2) is 4.79 Å². The molecular formula is C24H46O11. The summed E-state index contributed by atoms with van der Waals surface area (Å²) in [5.41, 5.74) is 0. The molecule has 0 amide bonds. The first kappa shape index (κ1) is 33.7. The Hall–Kier alpha value is -1.34. The van der Waals surface area contributed by atoms with E-state index in [1.807, 2.05) is 0 Å². The van der Waals surface area contributed by atoms with Crippen molar-refractivity contribution in [1.82, 2.24) is 0 Å². The number of hydrogen-bond donors (Lipinski definition) is 1. The number of carboxylic acids is 1. The lowest BCUT2D eigenvalue weighted by Gasteiger charge is -2.08. The highest BCUT2D eigenvalue weighted by molar-refractivity contribution is 5.69. The van der Waals surface area contributed by atoms with Crippen LogP contribution in [0.25, 0.3) is 0 Å². The zero-order chi connectivity index (χ0) is 25.7. The maximum Gasteiger partial charge on any atom is 0.329 e. The molecule has 35 heavy (non-hydrogen) atoms. The second-order valence-electron chi connectivity index (χ2n) is 7.51. The number of unbranched alkanes of at least 4 members (excludes halogenated alkanes) is 4. The Morgan fingerprint density at radius 3 is 1.29 bits per heavy atom. The topological polar surface area (TPSA) is 128 Å². The van der Waals surface area contributed by atoms with Gasteiger partial charge in [-0.1, -0.05) is 32.6 Å². The molecule has 0 aromatic carbocycles. The van der Waals surface area contributed by atoms with Crippen LogP contribution in [-0.4, -0.2) is 116 Å². The van der Waals surface area contributed by atoms with Gasteiger partial charge in [-0.2, -0.15) is 0 Å². The van der Waals surface area contributed by atoms with Gasteiger partial charge in [0.25, 0.3) is 0 Å². The Bertz CT molecular complexity index is 463. The monoisotopic (exact) mass is 510 g/mol. The highest BCUT2D eigenvalue weighted by Gasteiger charge is 2.02. The molecule has 0 aliphatic rings. The maximum atomic E-state index is 11.5.